The van der Waals surface area contributed by atoms with Gasteiger partial charge in [-0.3, -0.25) is 4.68 Å². The van der Waals surface area contributed by atoms with Crippen LogP contribution >= 0.6 is 0 Å². The summed E-state index contributed by atoms with van der Waals surface area (Å²) in [7, 11) is 0. The molecule has 1 aromatic rings. The second-order valence-electron chi connectivity index (χ2n) is 6.88. The lowest BCUT2D eigenvalue weighted by Crippen LogP contribution is -2.35. The zero-order valence-electron chi connectivity index (χ0n) is 13.6. The lowest BCUT2D eigenvalue weighted by atomic mass is 10.1. The fourth-order valence-electron chi connectivity index (χ4n) is 2.06. The molecule has 0 spiro atoms. The average Bonchev–Trinajstić information content (AvgIpc) is 2.66. The molecular weight excluding hydrogens is 234 g/mol. The first kappa shape index (κ1) is 16.2. The minimum Gasteiger partial charge on any atom is -0.308 e. The molecule has 110 valence electrons. The van der Waals surface area contributed by atoms with Gasteiger partial charge in [0.1, 0.15) is 0 Å². The van der Waals surface area contributed by atoms with Crippen LogP contribution in [0.15, 0.2) is 6.20 Å². The van der Waals surface area contributed by atoms with Gasteiger partial charge < -0.3 is 5.32 Å². The van der Waals surface area contributed by atoms with E-state index in [4.69, 9.17) is 0 Å². The third-order valence-electron chi connectivity index (χ3n) is 3.25. The monoisotopic (exact) mass is 265 g/mol. The zero-order valence-corrected chi connectivity index (χ0v) is 13.6. The number of nitrogens with one attached hydrogen (secondary N) is 1. The van der Waals surface area contributed by atoms with Crippen LogP contribution in [0.1, 0.15) is 65.6 Å². The number of aromatic nitrogens is 2. The van der Waals surface area contributed by atoms with Crippen molar-refractivity contribution < 1.29 is 0 Å². The van der Waals surface area contributed by atoms with Gasteiger partial charge in [0.25, 0.3) is 0 Å². The molecule has 0 atom stereocenters. The van der Waals surface area contributed by atoms with E-state index < -0.39 is 0 Å². The number of rotatable bonds is 7. The van der Waals surface area contributed by atoms with Crippen LogP contribution in [0.4, 0.5) is 0 Å². The van der Waals surface area contributed by atoms with Crippen molar-refractivity contribution in [3.8, 4) is 0 Å². The van der Waals surface area contributed by atoms with Crippen molar-refractivity contribution in [1.29, 1.82) is 0 Å². The maximum Gasteiger partial charge on any atom is 0.0537 e. The summed E-state index contributed by atoms with van der Waals surface area (Å²) in [6, 6.07) is 0. The normalized spacial score (nSPS) is 12.4. The minimum absolute atomic E-state index is 0.156. The van der Waals surface area contributed by atoms with Gasteiger partial charge in [-0.05, 0) is 39.5 Å². The Labute approximate surface area is 118 Å². The summed E-state index contributed by atoms with van der Waals surface area (Å²) in [5.41, 5.74) is 2.93. The summed E-state index contributed by atoms with van der Waals surface area (Å²) < 4.78 is 2.21. The van der Waals surface area contributed by atoms with Crippen molar-refractivity contribution >= 4 is 0 Å². The molecule has 3 nitrogen and oxygen atoms in total. The highest BCUT2D eigenvalue weighted by atomic mass is 15.3. The van der Waals surface area contributed by atoms with Gasteiger partial charge in [-0.25, -0.2) is 0 Å². The molecule has 1 N–H and O–H groups in total. The van der Waals surface area contributed by atoms with Gasteiger partial charge >= 0.3 is 0 Å². The van der Waals surface area contributed by atoms with Crippen LogP contribution in [0.5, 0.6) is 0 Å². The molecule has 0 saturated heterocycles. The van der Waals surface area contributed by atoms with E-state index in [1.807, 2.05) is 6.20 Å². The second kappa shape index (κ2) is 7.09. The summed E-state index contributed by atoms with van der Waals surface area (Å²) in [5.74, 6) is 0.731. The molecular formula is C16H31N3. The SMILES string of the molecule is CCCc1c(CNC(C)(C)C)cnn1CCC(C)C. The maximum atomic E-state index is 4.58. The topological polar surface area (TPSA) is 29.9 Å². The molecule has 0 fully saturated rings. The maximum absolute atomic E-state index is 4.58. The summed E-state index contributed by atoms with van der Waals surface area (Å²) in [5, 5.41) is 8.15. The summed E-state index contributed by atoms with van der Waals surface area (Å²) in [4.78, 5) is 0. The highest BCUT2D eigenvalue weighted by molar-refractivity contribution is 5.18. The average molecular weight is 265 g/mol. The molecule has 0 aliphatic heterocycles. The second-order valence-corrected chi connectivity index (χ2v) is 6.88. The molecule has 0 radical (unpaired) electrons. The molecule has 0 aromatic carbocycles. The Balaban J connectivity index is 2.75. The lowest BCUT2D eigenvalue weighted by Gasteiger charge is -2.20. The Morgan fingerprint density at radius 1 is 1.32 bits per heavy atom. The van der Waals surface area contributed by atoms with Crippen LogP contribution in [0.2, 0.25) is 0 Å². The van der Waals surface area contributed by atoms with Crippen LogP contribution in [-0.4, -0.2) is 15.3 Å². The Hall–Kier alpha value is -0.830. The smallest absolute Gasteiger partial charge is 0.0537 e. The van der Waals surface area contributed by atoms with Crippen molar-refractivity contribution in [3.63, 3.8) is 0 Å². The van der Waals surface area contributed by atoms with Crippen molar-refractivity contribution in [2.24, 2.45) is 5.92 Å². The van der Waals surface area contributed by atoms with E-state index in [1.54, 1.807) is 0 Å². The van der Waals surface area contributed by atoms with E-state index >= 15 is 0 Å². The standard InChI is InChI=1S/C16H31N3/c1-7-8-15-14(11-17-16(4,5)6)12-18-19(15)10-9-13(2)3/h12-13,17H,7-11H2,1-6H3. The number of aryl methyl sites for hydroxylation is 1. The highest BCUT2D eigenvalue weighted by Crippen LogP contribution is 2.14. The predicted octanol–water partition coefficient (Wildman–Crippen LogP) is 3.77. The molecule has 1 rings (SSSR count). The molecule has 0 saturated carbocycles. The van der Waals surface area contributed by atoms with E-state index in [9.17, 15) is 0 Å². The Morgan fingerprint density at radius 2 is 2.00 bits per heavy atom. The first-order valence-electron chi connectivity index (χ1n) is 7.62. The van der Waals surface area contributed by atoms with E-state index in [-0.39, 0.29) is 5.54 Å². The minimum atomic E-state index is 0.156. The highest BCUT2D eigenvalue weighted by Gasteiger charge is 2.14. The third-order valence-corrected chi connectivity index (χ3v) is 3.25. The summed E-state index contributed by atoms with van der Waals surface area (Å²) in [6.07, 6.45) is 5.55. The summed E-state index contributed by atoms with van der Waals surface area (Å²) in [6.45, 7) is 15.3. The molecule has 0 aliphatic carbocycles. The Bertz CT molecular complexity index is 372. The van der Waals surface area contributed by atoms with Crippen LogP contribution in [0, 0.1) is 5.92 Å². The van der Waals surface area contributed by atoms with Crippen LogP contribution in [-0.2, 0) is 19.5 Å². The molecule has 0 unspecified atom stereocenters. The predicted molar refractivity (Wildman–Crippen MR) is 82.3 cm³/mol. The first-order chi connectivity index (χ1) is 8.83. The molecule has 1 heterocycles. The van der Waals surface area contributed by atoms with E-state index in [2.05, 4.69) is 56.6 Å². The number of hydrogen-bond acceptors (Lipinski definition) is 2. The van der Waals surface area contributed by atoms with E-state index in [0.717, 1.165) is 25.4 Å². The quantitative estimate of drug-likeness (QED) is 0.813. The zero-order chi connectivity index (χ0) is 14.5. The van der Waals surface area contributed by atoms with Crippen molar-refractivity contribution in [2.45, 2.75) is 79.4 Å². The Morgan fingerprint density at radius 3 is 2.53 bits per heavy atom. The van der Waals surface area contributed by atoms with Gasteiger partial charge in [-0.1, -0.05) is 27.2 Å². The fourth-order valence-corrected chi connectivity index (χ4v) is 2.06. The van der Waals surface area contributed by atoms with Crippen LogP contribution in [0.25, 0.3) is 0 Å². The van der Waals surface area contributed by atoms with Crippen molar-refractivity contribution in [3.05, 3.63) is 17.5 Å². The van der Waals surface area contributed by atoms with Crippen LogP contribution in [0.3, 0.4) is 0 Å². The van der Waals surface area contributed by atoms with Crippen molar-refractivity contribution in [2.75, 3.05) is 0 Å². The molecule has 0 amide bonds. The van der Waals surface area contributed by atoms with Gasteiger partial charge in [0.2, 0.25) is 0 Å². The van der Waals surface area contributed by atoms with Crippen LogP contribution < -0.4 is 5.32 Å². The lowest BCUT2D eigenvalue weighted by molar-refractivity contribution is 0.422. The number of nitrogens with zero attached hydrogens (tertiary/aromatic N) is 2. The van der Waals surface area contributed by atoms with Crippen molar-refractivity contribution in [1.82, 2.24) is 15.1 Å². The molecule has 0 bridgehead atoms. The molecule has 19 heavy (non-hydrogen) atoms. The van der Waals surface area contributed by atoms with Gasteiger partial charge in [-0.2, -0.15) is 5.10 Å². The molecule has 3 heteroatoms. The fraction of sp³-hybridized carbons (Fsp3) is 0.812. The van der Waals surface area contributed by atoms with Gasteiger partial charge in [0.15, 0.2) is 0 Å². The number of hydrogen-bond donors (Lipinski definition) is 1. The third kappa shape index (κ3) is 5.77. The first-order valence-corrected chi connectivity index (χ1v) is 7.62. The van der Waals surface area contributed by atoms with Gasteiger partial charge in [-0.15, -0.1) is 0 Å². The van der Waals surface area contributed by atoms with Gasteiger partial charge in [0.05, 0.1) is 6.20 Å². The molecule has 1 aromatic heterocycles. The molecule has 0 aliphatic rings. The van der Waals surface area contributed by atoms with E-state index in [1.165, 1.54) is 24.1 Å². The van der Waals surface area contributed by atoms with Gasteiger partial charge in [0, 0.05) is 29.9 Å². The Kier molecular flexibility index (Phi) is 6.05. The summed E-state index contributed by atoms with van der Waals surface area (Å²) >= 11 is 0. The van der Waals surface area contributed by atoms with E-state index in [0.29, 0.717) is 0 Å². The largest absolute Gasteiger partial charge is 0.308 e.